The minimum absolute atomic E-state index is 0.206. The summed E-state index contributed by atoms with van der Waals surface area (Å²) in [5.74, 6) is -2.22. The van der Waals surface area contributed by atoms with Gasteiger partial charge in [-0.2, -0.15) is 0 Å². The van der Waals surface area contributed by atoms with E-state index in [-0.39, 0.29) is 6.42 Å². The van der Waals surface area contributed by atoms with Gasteiger partial charge in [0.15, 0.2) is 5.78 Å². The van der Waals surface area contributed by atoms with Crippen molar-refractivity contribution in [1.29, 1.82) is 0 Å². The van der Waals surface area contributed by atoms with Gasteiger partial charge >= 0.3 is 11.4 Å². The zero-order chi connectivity index (χ0) is 15.4. The summed E-state index contributed by atoms with van der Waals surface area (Å²) >= 11 is 0. The predicted molar refractivity (Wildman–Crippen MR) is 64.3 cm³/mol. The molecule has 9 heteroatoms. The van der Waals surface area contributed by atoms with Gasteiger partial charge in [0.2, 0.25) is 12.0 Å². The van der Waals surface area contributed by atoms with Crippen LogP contribution >= 0.6 is 0 Å². The summed E-state index contributed by atoms with van der Waals surface area (Å²) in [6.07, 6.45) is -2.64. The van der Waals surface area contributed by atoms with Crippen LogP contribution in [0, 0.1) is 20.2 Å². The molecule has 20 heavy (non-hydrogen) atoms. The van der Waals surface area contributed by atoms with Gasteiger partial charge in [-0.3, -0.25) is 29.8 Å². The van der Waals surface area contributed by atoms with Crippen LogP contribution in [0.3, 0.4) is 0 Å². The molecule has 0 saturated carbocycles. The van der Waals surface area contributed by atoms with E-state index in [1.807, 2.05) is 0 Å². The predicted octanol–water partition coefficient (Wildman–Crippen LogP) is 2.00. The molecule has 0 bridgehead atoms. The SMILES string of the molecule is CCC(=O)C(F)C(=O)c1ccc([N+](=O)[O-])c([N+](=O)[O-])c1. The molecule has 0 aromatic heterocycles. The zero-order valence-corrected chi connectivity index (χ0v) is 10.2. The number of nitrogens with zero attached hydrogens (tertiary/aromatic N) is 2. The number of alkyl halides is 1. The number of hydrogen-bond acceptors (Lipinski definition) is 6. The topological polar surface area (TPSA) is 120 Å². The van der Waals surface area contributed by atoms with Crippen LogP contribution in [0.4, 0.5) is 15.8 Å². The van der Waals surface area contributed by atoms with Crippen molar-refractivity contribution in [2.45, 2.75) is 19.5 Å². The number of ketones is 2. The van der Waals surface area contributed by atoms with E-state index in [0.29, 0.717) is 6.07 Å². The fraction of sp³-hybridized carbons (Fsp3) is 0.273. The molecule has 1 unspecified atom stereocenters. The monoisotopic (exact) mass is 284 g/mol. The van der Waals surface area contributed by atoms with Gasteiger partial charge in [-0.25, -0.2) is 4.39 Å². The van der Waals surface area contributed by atoms with E-state index in [4.69, 9.17) is 0 Å². The van der Waals surface area contributed by atoms with Crippen molar-refractivity contribution >= 4 is 22.9 Å². The minimum Gasteiger partial charge on any atom is -0.296 e. The van der Waals surface area contributed by atoms with Crippen molar-refractivity contribution in [3.63, 3.8) is 0 Å². The third kappa shape index (κ3) is 2.99. The van der Waals surface area contributed by atoms with E-state index in [0.717, 1.165) is 12.1 Å². The zero-order valence-electron chi connectivity index (χ0n) is 10.2. The quantitative estimate of drug-likeness (QED) is 0.341. The maximum absolute atomic E-state index is 13.5. The van der Waals surface area contributed by atoms with E-state index in [1.54, 1.807) is 0 Å². The lowest BCUT2D eigenvalue weighted by Gasteiger charge is -2.05. The van der Waals surface area contributed by atoms with Gasteiger partial charge in [-0.15, -0.1) is 0 Å². The number of Topliss-reactive ketones (excluding diaryl/α,β-unsaturated/α-hetero) is 2. The van der Waals surface area contributed by atoms with Gasteiger partial charge in [-0.05, 0) is 6.07 Å². The van der Waals surface area contributed by atoms with Gasteiger partial charge in [0.25, 0.3) is 0 Å². The highest BCUT2D eigenvalue weighted by molar-refractivity contribution is 6.13. The summed E-state index contributed by atoms with van der Waals surface area (Å²) in [7, 11) is 0. The fourth-order valence-corrected chi connectivity index (χ4v) is 1.45. The van der Waals surface area contributed by atoms with Crippen LogP contribution in [-0.4, -0.2) is 27.6 Å². The van der Waals surface area contributed by atoms with Crippen molar-refractivity contribution in [2.75, 3.05) is 0 Å². The van der Waals surface area contributed by atoms with Gasteiger partial charge in [0.1, 0.15) is 0 Å². The molecule has 1 aromatic rings. The molecule has 0 N–H and O–H groups in total. The summed E-state index contributed by atoms with van der Waals surface area (Å²) in [6.45, 7) is 1.36. The van der Waals surface area contributed by atoms with E-state index < -0.39 is 44.5 Å². The van der Waals surface area contributed by atoms with Crippen LogP contribution in [0.25, 0.3) is 0 Å². The Balaban J connectivity index is 3.25. The van der Waals surface area contributed by atoms with Crippen LogP contribution in [0.5, 0.6) is 0 Å². The minimum atomic E-state index is -2.43. The van der Waals surface area contributed by atoms with Crippen molar-refractivity contribution < 1.29 is 23.8 Å². The van der Waals surface area contributed by atoms with Gasteiger partial charge in [0, 0.05) is 24.1 Å². The highest BCUT2D eigenvalue weighted by atomic mass is 19.1. The molecule has 0 aliphatic carbocycles. The molecule has 1 aromatic carbocycles. The number of halogens is 1. The molecule has 0 aliphatic heterocycles. The number of nitro groups is 2. The molecule has 0 spiro atoms. The first-order chi connectivity index (χ1) is 9.29. The first-order valence-electron chi connectivity index (χ1n) is 5.43. The summed E-state index contributed by atoms with van der Waals surface area (Å²) in [4.78, 5) is 41.9. The molecule has 0 saturated heterocycles. The highest BCUT2D eigenvalue weighted by Gasteiger charge is 2.30. The molecule has 8 nitrogen and oxygen atoms in total. The van der Waals surface area contributed by atoms with E-state index in [1.165, 1.54) is 6.92 Å². The second-order valence-electron chi connectivity index (χ2n) is 3.76. The Hall–Kier alpha value is -2.71. The Morgan fingerprint density at radius 1 is 1.20 bits per heavy atom. The third-order valence-corrected chi connectivity index (χ3v) is 2.51. The number of rotatable bonds is 6. The number of carbonyl (C=O) groups excluding carboxylic acids is 2. The van der Waals surface area contributed by atoms with Crippen molar-refractivity contribution in [1.82, 2.24) is 0 Å². The van der Waals surface area contributed by atoms with Crippen LogP contribution in [0.1, 0.15) is 23.7 Å². The normalized spacial score (nSPS) is 11.7. The first-order valence-corrected chi connectivity index (χ1v) is 5.43. The summed E-state index contributed by atoms with van der Waals surface area (Å²) < 4.78 is 13.5. The lowest BCUT2D eigenvalue weighted by molar-refractivity contribution is -0.422. The lowest BCUT2D eigenvalue weighted by atomic mass is 10.0. The molecule has 0 heterocycles. The van der Waals surface area contributed by atoms with Crippen LogP contribution < -0.4 is 0 Å². The molecule has 0 amide bonds. The van der Waals surface area contributed by atoms with Crippen molar-refractivity contribution in [2.24, 2.45) is 0 Å². The van der Waals surface area contributed by atoms with Gasteiger partial charge in [0.05, 0.1) is 9.85 Å². The van der Waals surface area contributed by atoms with Crippen molar-refractivity contribution in [3.05, 3.63) is 44.0 Å². The summed E-state index contributed by atoms with van der Waals surface area (Å²) in [5, 5.41) is 21.3. The van der Waals surface area contributed by atoms with E-state index in [9.17, 15) is 34.2 Å². The summed E-state index contributed by atoms with van der Waals surface area (Å²) in [6, 6.07) is 2.20. The summed E-state index contributed by atoms with van der Waals surface area (Å²) in [5.41, 5.74) is -2.21. The average molecular weight is 284 g/mol. The van der Waals surface area contributed by atoms with Crippen LogP contribution in [0.2, 0.25) is 0 Å². The van der Waals surface area contributed by atoms with Crippen molar-refractivity contribution in [3.8, 4) is 0 Å². The maximum atomic E-state index is 13.5. The smallest absolute Gasteiger partial charge is 0.296 e. The Kier molecular flexibility index (Phi) is 4.57. The number of nitro benzene ring substituents is 2. The maximum Gasteiger partial charge on any atom is 0.346 e. The van der Waals surface area contributed by atoms with Crippen LogP contribution in [0.15, 0.2) is 18.2 Å². The third-order valence-electron chi connectivity index (χ3n) is 2.51. The van der Waals surface area contributed by atoms with E-state index >= 15 is 0 Å². The number of carbonyl (C=O) groups is 2. The number of benzene rings is 1. The second-order valence-corrected chi connectivity index (χ2v) is 3.76. The Morgan fingerprint density at radius 3 is 2.20 bits per heavy atom. The Labute approximate surface area is 111 Å². The van der Waals surface area contributed by atoms with Gasteiger partial charge in [-0.1, -0.05) is 6.92 Å². The molecule has 0 fully saturated rings. The molecule has 0 radical (unpaired) electrons. The number of hydrogen-bond donors (Lipinski definition) is 0. The standard InChI is InChI=1S/C11H9FN2O6/c1-2-9(15)10(12)11(16)6-3-4-7(13(17)18)8(5-6)14(19)20/h3-5,10H,2H2,1H3. The second kappa shape index (κ2) is 5.95. The molecule has 106 valence electrons. The Morgan fingerprint density at radius 2 is 1.75 bits per heavy atom. The first kappa shape index (κ1) is 15.3. The lowest BCUT2D eigenvalue weighted by Crippen LogP contribution is -2.25. The molecule has 1 rings (SSSR count). The fourth-order valence-electron chi connectivity index (χ4n) is 1.45. The van der Waals surface area contributed by atoms with Crippen LogP contribution in [-0.2, 0) is 4.79 Å². The molecule has 1 atom stereocenters. The van der Waals surface area contributed by atoms with E-state index in [2.05, 4.69) is 0 Å². The van der Waals surface area contributed by atoms with Gasteiger partial charge < -0.3 is 0 Å². The molecular weight excluding hydrogens is 275 g/mol. The molecular formula is C11H9FN2O6. The average Bonchev–Trinajstić information content (AvgIpc) is 2.43. The molecule has 0 aliphatic rings. The Bertz CT molecular complexity index is 601. The largest absolute Gasteiger partial charge is 0.346 e. The highest BCUT2D eigenvalue weighted by Crippen LogP contribution is 2.28.